The van der Waals surface area contributed by atoms with Gasteiger partial charge in [0, 0.05) is 105 Å². The SMILES string of the molecule is C[C@@]1(CN2CCNCC2)CCC(c2ccc(Cl)cc2)=C(CN2CCN(c3ccc(C(=O)NS(=O)(=O)c4ccc(NC(CCN5CCCCC5)CSc5ccccc5)c(S(=O)(=O)C(F)(F)F)c4)cc3)CC2)C1. The van der Waals surface area contributed by atoms with E-state index in [9.17, 15) is 34.8 Å². The minimum Gasteiger partial charge on any atom is -0.380 e. The highest BCUT2D eigenvalue weighted by Gasteiger charge is 2.48. The van der Waals surface area contributed by atoms with Crippen molar-refractivity contribution in [2.45, 2.75) is 78.1 Å². The predicted molar refractivity (Wildman–Crippen MR) is 279 cm³/mol. The Morgan fingerprint density at radius 1 is 0.817 bits per heavy atom. The fourth-order valence-corrected chi connectivity index (χ4v) is 13.4. The largest absolute Gasteiger partial charge is 0.501 e. The molecule has 4 aliphatic rings. The van der Waals surface area contributed by atoms with E-state index in [2.05, 4.69) is 49.3 Å². The summed E-state index contributed by atoms with van der Waals surface area (Å²) < 4.78 is 98.3. The zero-order valence-corrected chi connectivity index (χ0v) is 43.4. The topological polar surface area (TPSA) is 134 Å². The standard InChI is InChI=1S/C52H65ClF3N7O5S3/c1-51(38-62-28-23-57-24-29-62)22-20-47(39-10-14-42(53)15-11-39)41(35-51)36-61-30-32-63(33-31-61)44-16-12-40(13-17-44)50(64)59-71(67,68)46-18-19-48(49(34-46)70(65,66)52(54,55)56)58-43(21-27-60-25-6-3-7-26-60)37-69-45-8-4-2-5-9-45/h2,4-5,8-19,34,43,57-58H,3,6-7,20-33,35-38H2,1H3,(H,59,64)/t43?,51-/m1/s1. The van der Waals surface area contributed by atoms with Crippen molar-refractivity contribution < 1.29 is 34.8 Å². The Bertz CT molecular complexity index is 2700. The maximum absolute atomic E-state index is 14.3. The summed E-state index contributed by atoms with van der Waals surface area (Å²) in [6, 6.07) is 26.2. The van der Waals surface area contributed by atoms with Crippen LogP contribution in [0.25, 0.3) is 5.57 Å². The Labute approximate surface area is 426 Å². The molecule has 8 rings (SSSR count). The van der Waals surface area contributed by atoms with E-state index in [4.69, 9.17) is 11.6 Å². The summed E-state index contributed by atoms with van der Waals surface area (Å²) in [4.78, 5) is 21.9. The number of amides is 1. The number of halogens is 4. The molecule has 0 radical (unpaired) electrons. The van der Waals surface area contributed by atoms with Crippen LogP contribution in [0.4, 0.5) is 24.5 Å². The molecule has 19 heteroatoms. The number of carbonyl (C=O) groups is 1. The summed E-state index contributed by atoms with van der Waals surface area (Å²) in [6.45, 7) is 14.1. The third kappa shape index (κ3) is 13.9. The van der Waals surface area contributed by atoms with Gasteiger partial charge in [-0.05, 0) is 135 Å². The van der Waals surface area contributed by atoms with Crippen LogP contribution < -0.4 is 20.3 Å². The first kappa shape index (κ1) is 53.2. The highest BCUT2D eigenvalue weighted by atomic mass is 35.5. The van der Waals surface area contributed by atoms with Crippen LogP contribution in [0.1, 0.15) is 67.8 Å². The number of sulfone groups is 1. The maximum Gasteiger partial charge on any atom is 0.501 e. The molecule has 3 N–H and O–H groups in total. The molecular weight excluding hydrogens is 991 g/mol. The summed E-state index contributed by atoms with van der Waals surface area (Å²) in [6.07, 6.45) is 6.89. The summed E-state index contributed by atoms with van der Waals surface area (Å²) in [5, 5.41) is 7.22. The molecule has 2 atom stereocenters. The van der Waals surface area contributed by atoms with Crippen molar-refractivity contribution >= 4 is 66.1 Å². The molecule has 3 heterocycles. The number of rotatable bonds is 18. The Balaban J connectivity index is 0.920. The van der Waals surface area contributed by atoms with Crippen LogP contribution in [0.15, 0.2) is 117 Å². The molecule has 12 nitrogen and oxygen atoms in total. The molecule has 3 fully saturated rings. The van der Waals surface area contributed by atoms with Gasteiger partial charge in [0.25, 0.3) is 25.8 Å². The van der Waals surface area contributed by atoms with Gasteiger partial charge in [-0.25, -0.2) is 21.6 Å². The zero-order chi connectivity index (χ0) is 50.2. The molecule has 1 unspecified atom stereocenters. The molecule has 1 aliphatic carbocycles. The molecule has 1 amide bonds. The lowest BCUT2D eigenvalue weighted by atomic mass is 9.71. The summed E-state index contributed by atoms with van der Waals surface area (Å²) in [7, 11) is -10.9. The van der Waals surface area contributed by atoms with Crippen LogP contribution in [0.5, 0.6) is 0 Å². The Kier molecular flexibility index (Phi) is 17.5. The number of anilines is 2. The molecule has 384 valence electrons. The van der Waals surface area contributed by atoms with Crippen molar-refractivity contribution in [1.29, 1.82) is 0 Å². The lowest BCUT2D eigenvalue weighted by molar-refractivity contribution is -0.0435. The van der Waals surface area contributed by atoms with Gasteiger partial charge in [-0.3, -0.25) is 9.69 Å². The third-order valence-corrected chi connectivity index (χ3v) is 18.5. The normalized spacial score (nSPS) is 20.7. The molecule has 4 aromatic rings. The van der Waals surface area contributed by atoms with E-state index in [-0.39, 0.29) is 16.7 Å². The van der Waals surface area contributed by atoms with Gasteiger partial charge in [0.05, 0.1) is 10.6 Å². The summed E-state index contributed by atoms with van der Waals surface area (Å²) in [5.74, 6) is -0.614. The van der Waals surface area contributed by atoms with E-state index >= 15 is 0 Å². The fraction of sp³-hybridized carbons (Fsp3) is 0.481. The first-order valence-electron chi connectivity index (χ1n) is 24.6. The third-order valence-electron chi connectivity index (χ3n) is 14.2. The van der Waals surface area contributed by atoms with E-state index < -0.39 is 47.1 Å². The molecule has 0 aromatic heterocycles. The number of nitrogens with zero attached hydrogens (tertiary/aromatic N) is 4. The van der Waals surface area contributed by atoms with Crippen LogP contribution in [-0.4, -0.2) is 140 Å². The number of hydrogen-bond donors (Lipinski definition) is 3. The smallest absolute Gasteiger partial charge is 0.380 e. The molecule has 0 bridgehead atoms. The predicted octanol–water partition coefficient (Wildman–Crippen LogP) is 8.87. The average molecular weight is 1060 g/mol. The van der Waals surface area contributed by atoms with Crippen molar-refractivity contribution in [1.82, 2.24) is 24.7 Å². The van der Waals surface area contributed by atoms with Crippen molar-refractivity contribution in [3.63, 3.8) is 0 Å². The van der Waals surface area contributed by atoms with Crippen molar-refractivity contribution in [2.24, 2.45) is 5.41 Å². The Morgan fingerprint density at radius 2 is 1.51 bits per heavy atom. The van der Waals surface area contributed by atoms with Crippen molar-refractivity contribution in [3.05, 3.63) is 119 Å². The fourth-order valence-electron chi connectivity index (χ4n) is 10.3. The summed E-state index contributed by atoms with van der Waals surface area (Å²) in [5.41, 5.74) is -0.955. The lowest BCUT2D eigenvalue weighted by Crippen LogP contribution is -2.49. The van der Waals surface area contributed by atoms with E-state index in [1.807, 2.05) is 47.2 Å². The quantitative estimate of drug-likeness (QED) is 0.0823. The zero-order valence-electron chi connectivity index (χ0n) is 40.2. The molecule has 71 heavy (non-hydrogen) atoms. The van der Waals surface area contributed by atoms with Crippen LogP contribution in [0.2, 0.25) is 5.02 Å². The monoisotopic (exact) mass is 1060 g/mol. The van der Waals surface area contributed by atoms with E-state index in [1.54, 1.807) is 12.1 Å². The second-order valence-electron chi connectivity index (χ2n) is 19.6. The number of sulfonamides is 1. The van der Waals surface area contributed by atoms with Gasteiger partial charge >= 0.3 is 5.51 Å². The number of carbonyl (C=O) groups excluding carboxylic acids is 1. The first-order valence-corrected chi connectivity index (χ1v) is 28.9. The molecule has 3 saturated heterocycles. The van der Waals surface area contributed by atoms with Gasteiger partial charge in [-0.2, -0.15) is 13.2 Å². The molecular formula is C52H65ClF3N7O5S3. The second kappa shape index (κ2) is 23.4. The number of alkyl halides is 3. The van der Waals surface area contributed by atoms with E-state index in [1.165, 1.54) is 40.6 Å². The van der Waals surface area contributed by atoms with Gasteiger partial charge in [0.1, 0.15) is 4.90 Å². The number of likely N-dealkylation sites (tertiary alicyclic amines) is 1. The van der Waals surface area contributed by atoms with E-state index in [0.29, 0.717) is 24.8 Å². The minimum atomic E-state index is -6.04. The number of allylic oxidation sites excluding steroid dienone is 1. The number of benzene rings is 4. The van der Waals surface area contributed by atoms with Gasteiger partial charge in [-0.15, -0.1) is 11.8 Å². The van der Waals surface area contributed by atoms with Crippen LogP contribution in [0.3, 0.4) is 0 Å². The van der Waals surface area contributed by atoms with Crippen LogP contribution in [-0.2, 0) is 19.9 Å². The van der Waals surface area contributed by atoms with Crippen LogP contribution >= 0.6 is 23.4 Å². The Morgan fingerprint density at radius 3 is 2.18 bits per heavy atom. The number of hydrogen-bond acceptors (Lipinski definition) is 12. The lowest BCUT2D eigenvalue weighted by Gasteiger charge is -2.43. The average Bonchev–Trinajstić information content (AvgIpc) is 3.36. The second-order valence-corrected chi connectivity index (χ2v) is 24.7. The number of piperidine rings is 1. The highest BCUT2D eigenvalue weighted by Crippen LogP contribution is 2.44. The minimum absolute atomic E-state index is 0.00711. The molecule has 0 spiro atoms. The Hall–Kier alpha value is -4.14. The number of nitrogens with one attached hydrogen (secondary N) is 3. The number of piperazine rings is 2. The number of thioether (sulfide) groups is 1. The molecule has 4 aromatic carbocycles. The van der Waals surface area contributed by atoms with Gasteiger partial charge in [-0.1, -0.05) is 60.9 Å². The van der Waals surface area contributed by atoms with Gasteiger partial charge in [0.2, 0.25) is 0 Å². The van der Waals surface area contributed by atoms with Crippen molar-refractivity contribution in [2.75, 3.05) is 101 Å². The van der Waals surface area contributed by atoms with E-state index in [0.717, 1.165) is 145 Å². The highest BCUT2D eigenvalue weighted by molar-refractivity contribution is 7.99. The van der Waals surface area contributed by atoms with Gasteiger partial charge < -0.3 is 25.3 Å². The first-order chi connectivity index (χ1) is 33.9. The molecule has 3 aliphatic heterocycles. The van der Waals surface area contributed by atoms with Crippen LogP contribution in [0, 0.1) is 5.41 Å². The molecule has 0 saturated carbocycles. The summed E-state index contributed by atoms with van der Waals surface area (Å²) >= 11 is 7.76. The van der Waals surface area contributed by atoms with Gasteiger partial charge in [0.15, 0.2) is 0 Å². The van der Waals surface area contributed by atoms with Crippen molar-refractivity contribution in [3.8, 4) is 0 Å². The maximum atomic E-state index is 14.3.